The summed E-state index contributed by atoms with van der Waals surface area (Å²) in [5.41, 5.74) is 0.670. The van der Waals surface area contributed by atoms with Crippen LogP contribution in [0.5, 0.6) is 0 Å². The molecule has 2 bridgehead atoms. The van der Waals surface area contributed by atoms with Crippen LogP contribution in [0.1, 0.15) is 40.0 Å². The first-order valence-corrected chi connectivity index (χ1v) is 4.62. The van der Waals surface area contributed by atoms with Crippen LogP contribution in [-0.4, -0.2) is 0 Å². The van der Waals surface area contributed by atoms with Crippen molar-refractivity contribution in [2.45, 2.75) is 40.0 Å². The van der Waals surface area contributed by atoms with Crippen LogP contribution in [0.15, 0.2) is 0 Å². The van der Waals surface area contributed by atoms with Gasteiger partial charge in [-0.1, -0.05) is 20.8 Å². The summed E-state index contributed by atoms with van der Waals surface area (Å²) in [4.78, 5) is 0. The summed E-state index contributed by atoms with van der Waals surface area (Å²) in [7, 11) is 0. The summed E-state index contributed by atoms with van der Waals surface area (Å²) in [6.07, 6.45) is 4.57. The van der Waals surface area contributed by atoms with Gasteiger partial charge in [-0.3, -0.25) is 0 Å². The molecule has 0 amide bonds. The second kappa shape index (κ2) is 1.78. The molecule has 0 spiro atoms. The van der Waals surface area contributed by atoms with Gasteiger partial charge in [0.05, 0.1) is 0 Å². The van der Waals surface area contributed by atoms with Crippen LogP contribution in [0.25, 0.3) is 0 Å². The Labute approximate surface area is 64.0 Å². The van der Waals surface area contributed by atoms with Crippen LogP contribution in [0.3, 0.4) is 0 Å². The van der Waals surface area contributed by atoms with Gasteiger partial charge in [-0.25, -0.2) is 0 Å². The molecule has 0 nitrogen and oxygen atoms in total. The van der Waals surface area contributed by atoms with Crippen molar-refractivity contribution in [3.8, 4) is 0 Å². The minimum atomic E-state index is 0.670. The van der Waals surface area contributed by atoms with Gasteiger partial charge in [-0.15, -0.1) is 0 Å². The molecule has 0 aromatic rings. The molecule has 2 aliphatic rings. The maximum atomic E-state index is 2.46. The van der Waals surface area contributed by atoms with E-state index in [1.54, 1.807) is 0 Å². The molecule has 0 saturated heterocycles. The van der Waals surface area contributed by atoms with Crippen molar-refractivity contribution in [3.05, 3.63) is 0 Å². The van der Waals surface area contributed by atoms with Crippen LogP contribution in [0.2, 0.25) is 0 Å². The summed E-state index contributed by atoms with van der Waals surface area (Å²) in [6, 6.07) is 0. The topological polar surface area (TPSA) is 0 Å². The number of hydrogen-bond acceptors (Lipinski definition) is 0. The molecule has 2 fully saturated rings. The van der Waals surface area contributed by atoms with Crippen LogP contribution < -0.4 is 0 Å². The van der Waals surface area contributed by atoms with E-state index < -0.39 is 0 Å². The molecular formula is C10H18. The van der Waals surface area contributed by atoms with Gasteiger partial charge in [0.15, 0.2) is 0 Å². The molecular weight excluding hydrogens is 120 g/mol. The molecule has 58 valence electrons. The Morgan fingerprint density at radius 1 is 1.20 bits per heavy atom. The monoisotopic (exact) mass is 138 g/mol. The highest BCUT2D eigenvalue weighted by molar-refractivity contribution is 4.99. The second-order valence-corrected chi connectivity index (χ2v) is 4.88. The Balaban J connectivity index is 2.25. The first-order chi connectivity index (χ1) is 4.62. The van der Waals surface area contributed by atoms with Crippen LogP contribution >= 0.6 is 0 Å². The minimum Gasteiger partial charge on any atom is -0.0617 e. The fourth-order valence-electron chi connectivity index (χ4n) is 3.13. The number of fused-ring (bicyclic) bond motifs is 2. The van der Waals surface area contributed by atoms with Gasteiger partial charge in [0.1, 0.15) is 0 Å². The maximum absolute atomic E-state index is 2.46. The molecule has 2 rings (SSSR count). The van der Waals surface area contributed by atoms with Gasteiger partial charge in [0.2, 0.25) is 0 Å². The van der Waals surface area contributed by atoms with E-state index in [-0.39, 0.29) is 0 Å². The lowest BCUT2D eigenvalue weighted by molar-refractivity contribution is 0.137. The fraction of sp³-hybridized carbons (Fsp3) is 1.00. The second-order valence-electron chi connectivity index (χ2n) is 4.88. The standard InChI is InChI=1S/C10H18/c1-7-8-4-5-9(6-8)10(7,2)3/h7-9H,4-6H2,1-3H3/t7-,8+,9-/m1/s1. The zero-order valence-electron chi connectivity index (χ0n) is 7.35. The Morgan fingerprint density at radius 2 is 1.90 bits per heavy atom. The van der Waals surface area contributed by atoms with Gasteiger partial charge in [-0.05, 0) is 42.4 Å². The average Bonchev–Trinajstić information content (AvgIpc) is 2.37. The molecule has 0 unspecified atom stereocenters. The van der Waals surface area contributed by atoms with E-state index in [0.29, 0.717) is 5.41 Å². The zero-order chi connectivity index (χ0) is 7.35. The van der Waals surface area contributed by atoms with Crippen LogP contribution in [-0.2, 0) is 0 Å². The third kappa shape index (κ3) is 0.627. The molecule has 0 aromatic carbocycles. The zero-order valence-corrected chi connectivity index (χ0v) is 7.35. The molecule has 2 saturated carbocycles. The smallest absolute Gasteiger partial charge is 0.0297 e. The van der Waals surface area contributed by atoms with Crippen LogP contribution in [0, 0.1) is 23.2 Å². The normalized spacial score (nSPS) is 50.1. The van der Waals surface area contributed by atoms with Gasteiger partial charge in [0, 0.05) is 0 Å². The lowest BCUT2D eigenvalue weighted by atomic mass is 9.70. The summed E-state index contributed by atoms with van der Waals surface area (Å²) < 4.78 is 0. The van der Waals surface area contributed by atoms with Crippen LogP contribution in [0.4, 0.5) is 0 Å². The van der Waals surface area contributed by atoms with E-state index in [9.17, 15) is 0 Å². The van der Waals surface area contributed by atoms with Crippen molar-refractivity contribution < 1.29 is 0 Å². The molecule has 0 radical (unpaired) electrons. The average molecular weight is 138 g/mol. The highest BCUT2D eigenvalue weighted by Gasteiger charge is 2.50. The summed E-state index contributed by atoms with van der Waals surface area (Å²) >= 11 is 0. The molecule has 0 aliphatic heterocycles. The van der Waals surface area contributed by atoms with Crippen molar-refractivity contribution in [3.63, 3.8) is 0 Å². The predicted molar refractivity (Wildman–Crippen MR) is 43.8 cm³/mol. The maximum Gasteiger partial charge on any atom is -0.0297 e. The first kappa shape index (κ1) is 6.69. The lowest BCUT2D eigenvalue weighted by Crippen LogP contribution is -2.28. The van der Waals surface area contributed by atoms with Crippen molar-refractivity contribution in [1.82, 2.24) is 0 Å². The minimum absolute atomic E-state index is 0.670. The van der Waals surface area contributed by atoms with Crippen molar-refractivity contribution in [2.75, 3.05) is 0 Å². The Kier molecular flexibility index (Phi) is 1.19. The van der Waals surface area contributed by atoms with Crippen molar-refractivity contribution in [2.24, 2.45) is 23.2 Å². The van der Waals surface area contributed by atoms with E-state index in [0.717, 1.165) is 17.8 Å². The molecule has 10 heavy (non-hydrogen) atoms. The Morgan fingerprint density at radius 3 is 2.20 bits per heavy atom. The van der Waals surface area contributed by atoms with E-state index in [2.05, 4.69) is 20.8 Å². The molecule has 0 N–H and O–H groups in total. The van der Waals surface area contributed by atoms with E-state index in [4.69, 9.17) is 0 Å². The highest BCUT2D eigenvalue weighted by Crippen LogP contribution is 2.58. The molecule has 0 aromatic heterocycles. The lowest BCUT2D eigenvalue weighted by Gasteiger charge is -2.35. The van der Waals surface area contributed by atoms with Crippen molar-refractivity contribution in [1.29, 1.82) is 0 Å². The largest absolute Gasteiger partial charge is 0.0617 e. The quantitative estimate of drug-likeness (QED) is 0.482. The first-order valence-electron chi connectivity index (χ1n) is 4.62. The van der Waals surface area contributed by atoms with E-state index in [1.165, 1.54) is 19.3 Å². The Hall–Kier alpha value is 0. The highest BCUT2D eigenvalue weighted by atomic mass is 14.5. The third-order valence-electron chi connectivity index (χ3n) is 4.41. The molecule has 0 heteroatoms. The summed E-state index contributed by atoms with van der Waals surface area (Å²) in [5, 5.41) is 0. The Bertz CT molecular complexity index is 142. The van der Waals surface area contributed by atoms with Gasteiger partial charge < -0.3 is 0 Å². The number of hydrogen-bond donors (Lipinski definition) is 0. The summed E-state index contributed by atoms with van der Waals surface area (Å²) in [5.74, 6) is 3.14. The molecule has 2 aliphatic carbocycles. The van der Waals surface area contributed by atoms with Crippen molar-refractivity contribution >= 4 is 0 Å². The van der Waals surface area contributed by atoms with E-state index >= 15 is 0 Å². The fourth-order valence-corrected chi connectivity index (χ4v) is 3.13. The van der Waals surface area contributed by atoms with Gasteiger partial charge in [0.25, 0.3) is 0 Å². The number of rotatable bonds is 0. The molecule has 0 heterocycles. The SMILES string of the molecule is C[C@@H]1[C@H]2CC[C@H](C2)C1(C)C. The van der Waals surface area contributed by atoms with Gasteiger partial charge >= 0.3 is 0 Å². The third-order valence-corrected chi connectivity index (χ3v) is 4.41. The summed E-state index contributed by atoms with van der Waals surface area (Å²) in [6.45, 7) is 7.37. The molecule has 3 atom stereocenters. The predicted octanol–water partition coefficient (Wildman–Crippen LogP) is 3.08. The van der Waals surface area contributed by atoms with E-state index in [1.807, 2.05) is 0 Å². The van der Waals surface area contributed by atoms with Gasteiger partial charge in [-0.2, -0.15) is 0 Å².